The van der Waals surface area contributed by atoms with Gasteiger partial charge < -0.3 is 21.3 Å². The van der Waals surface area contributed by atoms with E-state index in [0.717, 1.165) is 24.8 Å². The third-order valence-electron chi connectivity index (χ3n) is 4.95. The number of nitrogen functional groups attached to an aromatic ring is 2. The number of aromatic hydroxyl groups is 1. The van der Waals surface area contributed by atoms with E-state index < -0.39 is 0 Å². The molecular weight excluding hydrogens is 318 g/mol. The summed E-state index contributed by atoms with van der Waals surface area (Å²) in [5.74, 6) is 0.210. The quantitative estimate of drug-likeness (QED) is 0.740. The molecule has 6 heteroatoms. The number of esters is 1. The van der Waals surface area contributed by atoms with Gasteiger partial charge in [-0.3, -0.25) is 4.79 Å². The van der Waals surface area contributed by atoms with Crippen LogP contribution in [0.5, 0.6) is 5.75 Å². The van der Waals surface area contributed by atoms with Crippen LogP contribution in [-0.4, -0.2) is 23.2 Å². The van der Waals surface area contributed by atoms with Crippen LogP contribution in [0.4, 0.5) is 11.5 Å². The predicted molar refractivity (Wildman–Crippen MR) is 96.9 cm³/mol. The van der Waals surface area contributed by atoms with Crippen molar-refractivity contribution >= 4 is 17.5 Å². The summed E-state index contributed by atoms with van der Waals surface area (Å²) in [4.78, 5) is 16.2. The smallest absolute Gasteiger partial charge is 0.308 e. The number of aromatic nitrogens is 1. The Kier molecular flexibility index (Phi) is 4.79. The van der Waals surface area contributed by atoms with Crippen LogP contribution in [0.2, 0.25) is 0 Å². The number of carbonyl (C=O) groups is 1. The minimum absolute atomic E-state index is 0.118. The van der Waals surface area contributed by atoms with Crippen molar-refractivity contribution in [1.82, 2.24) is 4.98 Å². The van der Waals surface area contributed by atoms with Crippen molar-refractivity contribution in [1.29, 1.82) is 0 Å². The number of nitrogens with two attached hydrogens (primary N) is 2. The molecule has 0 saturated heterocycles. The molecule has 132 valence electrons. The third kappa shape index (κ3) is 3.38. The lowest BCUT2D eigenvalue weighted by molar-refractivity contribution is -0.146. The lowest BCUT2D eigenvalue weighted by atomic mass is 9.77. The zero-order chi connectivity index (χ0) is 18.0. The summed E-state index contributed by atoms with van der Waals surface area (Å²) in [6.45, 7) is 0. The van der Waals surface area contributed by atoms with Crippen LogP contribution in [0, 0.1) is 5.92 Å². The van der Waals surface area contributed by atoms with Gasteiger partial charge in [-0.05, 0) is 48.9 Å². The third-order valence-corrected chi connectivity index (χ3v) is 4.95. The topological polar surface area (TPSA) is 111 Å². The Morgan fingerprint density at radius 1 is 1.28 bits per heavy atom. The number of rotatable bonds is 3. The van der Waals surface area contributed by atoms with E-state index in [0.29, 0.717) is 23.4 Å². The second-order valence-electron chi connectivity index (χ2n) is 6.50. The Hall–Kier alpha value is -2.76. The number of phenolic OH excluding ortho intramolecular Hbond substituents is 1. The lowest BCUT2D eigenvalue weighted by Crippen LogP contribution is -2.23. The van der Waals surface area contributed by atoms with Crippen LogP contribution < -0.4 is 11.5 Å². The number of phenols is 1. The Labute approximate surface area is 146 Å². The summed E-state index contributed by atoms with van der Waals surface area (Å²) in [6.07, 6.45) is 3.37. The van der Waals surface area contributed by atoms with E-state index >= 15 is 0 Å². The highest BCUT2D eigenvalue weighted by molar-refractivity contribution is 5.75. The van der Waals surface area contributed by atoms with Gasteiger partial charge in [0.25, 0.3) is 0 Å². The van der Waals surface area contributed by atoms with Gasteiger partial charge in [0.05, 0.1) is 24.4 Å². The molecule has 5 N–H and O–H groups in total. The molecule has 0 radical (unpaired) electrons. The maximum absolute atomic E-state index is 11.9. The van der Waals surface area contributed by atoms with E-state index in [1.807, 2.05) is 12.1 Å². The van der Waals surface area contributed by atoms with Crippen LogP contribution in [0.25, 0.3) is 11.3 Å². The van der Waals surface area contributed by atoms with Crippen molar-refractivity contribution in [3.05, 3.63) is 35.9 Å². The van der Waals surface area contributed by atoms with Crippen molar-refractivity contribution in [3.63, 3.8) is 0 Å². The van der Waals surface area contributed by atoms with Crippen molar-refractivity contribution in [2.75, 3.05) is 18.6 Å². The fraction of sp³-hybridized carbons (Fsp3) is 0.368. The Morgan fingerprint density at radius 2 is 2.04 bits per heavy atom. The zero-order valence-electron chi connectivity index (χ0n) is 14.2. The fourth-order valence-corrected chi connectivity index (χ4v) is 3.61. The van der Waals surface area contributed by atoms with Gasteiger partial charge in [-0.1, -0.05) is 18.6 Å². The van der Waals surface area contributed by atoms with Gasteiger partial charge in [0.15, 0.2) is 0 Å². The van der Waals surface area contributed by atoms with E-state index in [9.17, 15) is 9.90 Å². The van der Waals surface area contributed by atoms with E-state index in [1.165, 1.54) is 7.11 Å². The molecule has 3 rings (SSSR count). The summed E-state index contributed by atoms with van der Waals surface area (Å²) in [6, 6.07) is 8.86. The number of para-hydroxylation sites is 1. The molecule has 1 aliphatic rings. The molecule has 6 nitrogen and oxygen atoms in total. The Bertz CT molecular complexity index is 791. The van der Waals surface area contributed by atoms with E-state index in [4.69, 9.17) is 16.2 Å². The summed E-state index contributed by atoms with van der Waals surface area (Å²) in [5.41, 5.74) is 14.7. The first-order valence-corrected chi connectivity index (χ1v) is 8.43. The first-order valence-electron chi connectivity index (χ1n) is 8.43. The molecule has 1 heterocycles. The standard InChI is InChI=1S/C19H23N3O3/c1-25-19(24)12-6-4-5-11(9-12)14-10-15(22-18(21)17(14)20)13-7-2-3-8-16(13)23/h2-3,7-8,10-12,23H,4-6,9,20H2,1H3,(H2,21,22). The Morgan fingerprint density at radius 3 is 2.76 bits per heavy atom. The maximum Gasteiger partial charge on any atom is 0.308 e. The summed E-state index contributed by atoms with van der Waals surface area (Å²) in [5, 5.41) is 10.1. The largest absolute Gasteiger partial charge is 0.507 e. The zero-order valence-corrected chi connectivity index (χ0v) is 14.2. The lowest BCUT2D eigenvalue weighted by Gasteiger charge is -2.29. The maximum atomic E-state index is 11.9. The molecule has 1 aromatic carbocycles. The second-order valence-corrected chi connectivity index (χ2v) is 6.50. The SMILES string of the molecule is COC(=O)C1CCCC(c2cc(-c3ccccc3O)nc(N)c2N)C1. The van der Waals surface area contributed by atoms with Crippen LogP contribution in [0.3, 0.4) is 0 Å². The first-order chi connectivity index (χ1) is 12.0. The minimum atomic E-state index is -0.175. The minimum Gasteiger partial charge on any atom is -0.507 e. The predicted octanol–water partition coefficient (Wildman–Crippen LogP) is 3.07. The van der Waals surface area contributed by atoms with Gasteiger partial charge in [-0.2, -0.15) is 0 Å². The molecule has 0 bridgehead atoms. The van der Waals surface area contributed by atoms with Crippen LogP contribution in [-0.2, 0) is 9.53 Å². The highest BCUT2D eigenvalue weighted by atomic mass is 16.5. The molecule has 0 amide bonds. The highest BCUT2D eigenvalue weighted by Gasteiger charge is 2.30. The average Bonchev–Trinajstić information content (AvgIpc) is 2.63. The number of methoxy groups -OCH3 is 1. The number of carbonyl (C=O) groups excluding carboxylic acids is 1. The molecule has 2 aromatic rings. The first kappa shape index (κ1) is 17.1. The molecular formula is C19H23N3O3. The number of ether oxygens (including phenoxy) is 1. The summed E-state index contributed by atoms with van der Waals surface area (Å²) < 4.78 is 4.90. The van der Waals surface area contributed by atoms with E-state index in [1.54, 1.807) is 18.2 Å². The van der Waals surface area contributed by atoms with Crippen LogP contribution >= 0.6 is 0 Å². The van der Waals surface area contributed by atoms with Crippen molar-refractivity contribution in [3.8, 4) is 17.0 Å². The molecule has 2 atom stereocenters. The van der Waals surface area contributed by atoms with E-state index in [2.05, 4.69) is 4.98 Å². The number of hydrogen-bond donors (Lipinski definition) is 3. The fourth-order valence-electron chi connectivity index (χ4n) is 3.61. The van der Waals surface area contributed by atoms with Gasteiger partial charge in [-0.25, -0.2) is 4.98 Å². The second kappa shape index (κ2) is 7.01. The van der Waals surface area contributed by atoms with Crippen molar-refractivity contribution < 1.29 is 14.6 Å². The molecule has 1 fully saturated rings. The highest BCUT2D eigenvalue weighted by Crippen LogP contribution is 2.42. The Balaban J connectivity index is 1.99. The molecule has 2 unspecified atom stereocenters. The molecule has 1 aliphatic carbocycles. The molecule has 0 spiro atoms. The summed E-state index contributed by atoms with van der Waals surface area (Å²) in [7, 11) is 1.42. The van der Waals surface area contributed by atoms with Crippen molar-refractivity contribution in [2.24, 2.45) is 5.92 Å². The molecule has 1 aromatic heterocycles. The van der Waals surface area contributed by atoms with Gasteiger partial charge >= 0.3 is 5.97 Å². The number of benzene rings is 1. The number of anilines is 2. The normalized spacial score (nSPS) is 20.2. The number of nitrogens with zero attached hydrogens (tertiary/aromatic N) is 1. The van der Waals surface area contributed by atoms with Gasteiger partial charge in [0.1, 0.15) is 11.6 Å². The van der Waals surface area contributed by atoms with Crippen molar-refractivity contribution in [2.45, 2.75) is 31.6 Å². The molecule has 25 heavy (non-hydrogen) atoms. The van der Waals surface area contributed by atoms with Crippen LogP contribution in [0.15, 0.2) is 30.3 Å². The van der Waals surface area contributed by atoms with E-state index in [-0.39, 0.29) is 29.4 Å². The molecule has 0 aliphatic heterocycles. The van der Waals surface area contributed by atoms with Gasteiger partial charge in [-0.15, -0.1) is 0 Å². The average molecular weight is 341 g/mol. The monoisotopic (exact) mass is 341 g/mol. The number of hydrogen-bond acceptors (Lipinski definition) is 6. The van der Waals surface area contributed by atoms with Gasteiger partial charge in [0, 0.05) is 5.56 Å². The van der Waals surface area contributed by atoms with Gasteiger partial charge in [0.2, 0.25) is 0 Å². The summed E-state index contributed by atoms with van der Waals surface area (Å²) >= 11 is 0. The van der Waals surface area contributed by atoms with Crippen LogP contribution in [0.1, 0.15) is 37.2 Å². The molecule has 1 saturated carbocycles. The number of pyridine rings is 1.